The highest BCUT2D eigenvalue weighted by Gasteiger charge is 2.08. The van der Waals surface area contributed by atoms with Crippen molar-refractivity contribution < 1.29 is 4.39 Å². The highest BCUT2D eigenvalue weighted by atomic mass is 32.1. The van der Waals surface area contributed by atoms with Gasteiger partial charge in [-0.3, -0.25) is 0 Å². The lowest BCUT2D eigenvalue weighted by Gasteiger charge is -2.00. The summed E-state index contributed by atoms with van der Waals surface area (Å²) in [7, 11) is 0. The van der Waals surface area contributed by atoms with Gasteiger partial charge in [0.2, 0.25) is 5.95 Å². The van der Waals surface area contributed by atoms with Crippen LogP contribution in [0.4, 0.5) is 10.3 Å². The molecule has 0 unspecified atom stereocenters. The summed E-state index contributed by atoms with van der Waals surface area (Å²) in [5.41, 5.74) is 7.11. The molecule has 14 heavy (non-hydrogen) atoms. The van der Waals surface area contributed by atoms with E-state index in [0.29, 0.717) is 5.01 Å². The molecule has 0 saturated carbocycles. The maximum Gasteiger partial charge on any atom is 0.232 e. The summed E-state index contributed by atoms with van der Waals surface area (Å²) in [4.78, 5) is 4.00. The van der Waals surface area contributed by atoms with Gasteiger partial charge >= 0.3 is 0 Å². The Labute approximate surface area is 84.6 Å². The number of hydrogen-bond donors (Lipinski definition) is 1. The van der Waals surface area contributed by atoms with Crippen LogP contribution in [0.2, 0.25) is 0 Å². The number of hydrogen-bond acceptors (Lipinski definition) is 4. The number of halogens is 1. The molecule has 0 aliphatic carbocycles. The smallest absolute Gasteiger partial charge is 0.232 e. The first kappa shape index (κ1) is 9.08. The first-order valence-corrected chi connectivity index (χ1v) is 4.80. The monoisotopic (exact) mass is 209 g/mol. The molecule has 2 rings (SSSR count). The molecule has 0 fully saturated rings. The second-order valence-electron chi connectivity index (χ2n) is 2.92. The number of anilines is 1. The number of aromatic nitrogens is 2. The largest absolute Gasteiger partial charge is 0.367 e. The van der Waals surface area contributed by atoms with Crippen LogP contribution in [-0.2, 0) is 0 Å². The van der Waals surface area contributed by atoms with Crippen LogP contribution < -0.4 is 5.73 Å². The molecule has 0 bridgehead atoms. The Morgan fingerprint density at radius 1 is 1.43 bits per heavy atom. The van der Waals surface area contributed by atoms with Gasteiger partial charge in [0.25, 0.3) is 0 Å². The lowest BCUT2D eigenvalue weighted by molar-refractivity contribution is 0.628. The summed E-state index contributed by atoms with van der Waals surface area (Å²) in [6, 6.07) is 4.57. The van der Waals surface area contributed by atoms with Gasteiger partial charge in [-0.05, 0) is 36.2 Å². The molecule has 0 spiro atoms. The van der Waals surface area contributed by atoms with E-state index in [1.807, 2.05) is 6.92 Å². The second kappa shape index (κ2) is 3.34. The summed E-state index contributed by atoms with van der Waals surface area (Å²) in [6.45, 7) is 1.90. The average Bonchev–Trinajstić information content (AvgIpc) is 2.56. The van der Waals surface area contributed by atoms with Crippen molar-refractivity contribution in [3.8, 4) is 10.6 Å². The highest BCUT2D eigenvalue weighted by molar-refractivity contribution is 7.09. The highest BCUT2D eigenvalue weighted by Crippen LogP contribution is 2.26. The fraction of sp³-hybridized carbons (Fsp3) is 0.111. The first-order valence-electron chi connectivity index (χ1n) is 4.02. The van der Waals surface area contributed by atoms with Crippen LogP contribution in [0.1, 0.15) is 5.56 Å². The van der Waals surface area contributed by atoms with Gasteiger partial charge in [0.05, 0.1) is 0 Å². The zero-order chi connectivity index (χ0) is 10.1. The van der Waals surface area contributed by atoms with Gasteiger partial charge < -0.3 is 5.73 Å². The minimum Gasteiger partial charge on any atom is -0.367 e. The number of benzene rings is 1. The molecule has 0 amide bonds. The van der Waals surface area contributed by atoms with E-state index < -0.39 is 0 Å². The number of rotatable bonds is 1. The van der Waals surface area contributed by atoms with Crippen LogP contribution in [0.25, 0.3) is 10.6 Å². The van der Waals surface area contributed by atoms with Gasteiger partial charge in [-0.15, -0.1) is 0 Å². The molecule has 0 atom stereocenters. The molecule has 0 aliphatic rings. The maximum absolute atomic E-state index is 13.0. The predicted octanol–water partition coefficient (Wildman–Crippen LogP) is 2.23. The van der Waals surface area contributed by atoms with E-state index in [2.05, 4.69) is 9.36 Å². The molecule has 0 aliphatic heterocycles. The predicted molar refractivity (Wildman–Crippen MR) is 54.5 cm³/mol. The number of nitrogens with zero attached hydrogens (tertiary/aromatic N) is 2. The normalized spacial score (nSPS) is 10.4. The fourth-order valence-corrected chi connectivity index (χ4v) is 1.84. The Morgan fingerprint density at radius 3 is 2.86 bits per heavy atom. The molecular formula is C9H8FN3S. The third-order valence-corrected chi connectivity index (χ3v) is 2.63. The molecule has 3 nitrogen and oxygen atoms in total. The van der Waals surface area contributed by atoms with Gasteiger partial charge in [-0.25, -0.2) is 4.39 Å². The zero-order valence-corrected chi connectivity index (χ0v) is 8.31. The molecule has 2 N–H and O–H groups in total. The minimum absolute atomic E-state index is 0.230. The lowest BCUT2D eigenvalue weighted by Crippen LogP contribution is -1.87. The topological polar surface area (TPSA) is 51.8 Å². The van der Waals surface area contributed by atoms with Gasteiger partial charge in [-0.1, -0.05) is 6.07 Å². The summed E-state index contributed by atoms with van der Waals surface area (Å²) in [5, 5.41) is 0.652. The van der Waals surface area contributed by atoms with Crippen molar-refractivity contribution in [1.82, 2.24) is 9.36 Å². The van der Waals surface area contributed by atoms with E-state index >= 15 is 0 Å². The summed E-state index contributed by atoms with van der Waals surface area (Å²) in [5.74, 6) is -0.0481. The minimum atomic E-state index is -0.278. The number of nitrogen functional groups attached to an aromatic ring is 1. The Kier molecular flexibility index (Phi) is 2.17. The maximum atomic E-state index is 13.0. The second-order valence-corrected chi connectivity index (χ2v) is 3.67. The van der Waals surface area contributed by atoms with Crippen LogP contribution in [0, 0.1) is 12.7 Å². The molecule has 1 aromatic heterocycles. The lowest BCUT2D eigenvalue weighted by atomic mass is 10.1. The van der Waals surface area contributed by atoms with Crippen molar-refractivity contribution in [3.05, 3.63) is 29.6 Å². The van der Waals surface area contributed by atoms with Crippen molar-refractivity contribution in [2.45, 2.75) is 6.92 Å². The standard InChI is InChI=1S/C9H8FN3S/c1-5-2-3-6(10)4-7(5)8-12-9(11)13-14-8/h2-4H,1H3,(H2,11,13). The van der Waals surface area contributed by atoms with Crippen LogP contribution in [0.15, 0.2) is 18.2 Å². The zero-order valence-electron chi connectivity index (χ0n) is 7.49. The Bertz CT molecular complexity index is 467. The summed E-state index contributed by atoms with van der Waals surface area (Å²) >= 11 is 1.17. The van der Waals surface area contributed by atoms with Crippen LogP contribution in [0.5, 0.6) is 0 Å². The molecule has 72 valence electrons. The third-order valence-electron chi connectivity index (χ3n) is 1.87. The van der Waals surface area contributed by atoms with Crippen LogP contribution in [-0.4, -0.2) is 9.36 Å². The van der Waals surface area contributed by atoms with E-state index in [0.717, 1.165) is 11.1 Å². The van der Waals surface area contributed by atoms with E-state index in [-0.39, 0.29) is 11.8 Å². The van der Waals surface area contributed by atoms with Crippen LogP contribution >= 0.6 is 11.5 Å². The van der Waals surface area contributed by atoms with Gasteiger partial charge in [0, 0.05) is 5.56 Å². The molecular weight excluding hydrogens is 201 g/mol. The van der Waals surface area contributed by atoms with E-state index in [1.54, 1.807) is 6.07 Å². The van der Waals surface area contributed by atoms with E-state index in [1.165, 1.54) is 23.7 Å². The molecule has 1 heterocycles. The van der Waals surface area contributed by atoms with Gasteiger partial charge in [0.15, 0.2) is 0 Å². The fourth-order valence-electron chi connectivity index (χ4n) is 1.17. The molecule has 1 aromatic carbocycles. The first-order chi connectivity index (χ1) is 6.66. The molecule has 0 saturated heterocycles. The number of aryl methyl sites for hydroxylation is 1. The van der Waals surface area contributed by atoms with E-state index in [4.69, 9.17) is 5.73 Å². The van der Waals surface area contributed by atoms with Crippen LogP contribution in [0.3, 0.4) is 0 Å². The third kappa shape index (κ3) is 1.58. The Balaban J connectivity index is 2.55. The summed E-state index contributed by atoms with van der Waals surface area (Å²) < 4.78 is 16.8. The quantitative estimate of drug-likeness (QED) is 0.783. The van der Waals surface area contributed by atoms with Crippen molar-refractivity contribution in [2.75, 3.05) is 5.73 Å². The molecule has 2 aromatic rings. The van der Waals surface area contributed by atoms with Gasteiger partial charge in [0.1, 0.15) is 10.8 Å². The SMILES string of the molecule is Cc1ccc(F)cc1-c1nc(N)ns1. The average molecular weight is 209 g/mol. The number of nitrogens with two attached hydrogens (primary N) is 1. The van der Waals surface area contributed by atoms with Gasteiger partial charge in [-0.2, -0.15) is 9.36 Å². The van der Waals surface area contributed by atoms with Crippen molar-refractivity contribution >= 4 is 17.5 Å². The Morgan fingerprint density at radius 2 is 2.21 bits per heavy atom. The van der Waals surface area contributed by atoms with E-state index in [9.17, 15) is 4.39 Å². The summed E-state index contributed by atoms with van der Waals surface area (Å²) in [6.07, 6.45) is 0. The molecule has 5 heteroatoms. The van der Waals surface area contributed by atoms with Crippen molar-refractivity contribution in [2.24, 2.45) is 0 Å². The molecule has 0 radical (unpaired) electrons. The Hall–Kier alpha value is -1.49. The van der Waals surface area contributed by atoms with Crippen molar-refractivity contribution in [3.63, 3.8) is 0 Å². The van der Waals surface area contributed by atoms with Crippen molar-refractivity contribution in [1.29, 1.82) is 0 Å².